The standard InChI is InChI=1S/C16H24O2.C2H6/c1-4-13-8-9-14(18-11-12-6-7-12)10-15(13)16(5-2)17-3;1-2/h8-10,12,16H,4-7,11H2,1-3H3;1-2H3. The van der Waals surface area contributed by atoms with Crippen molar-refractivity contribution in [2.75, 3.05) is 13.7 Å². The molecular formula is C18H30O2. The predicted molar refractivity (Wildman–Crippen MR) is 85.4 cm³/mol. The van der Waals surface area contributed by atoms with Crippen LogP contribution in [-0.2, 0) is 11.2 Å². The van der Waals surface area contributed by atoms with Crippen LogP contribution < -0.4 is 4.74 Å². The summed E-state index contributed by atoms with van der Waals surface area (Å²) in [5.74, 6) is 1.79. The molecule has 2 heteroatoms. The van der Waals surface area contributed by atoms with Crippen LogP contribution in [0.5, 0.6) is 5.75 Å². The van der Waals surface area contributed by atoms with Gasteiger partial charge in [0.15, 0.2) is 0 Å². The molecule has 1 fully saturated rings. The Hall–Kier alpha value is -1.02. The van der Waals surface area contributed by atoms with Crippen LogP contribution in [0.2, 0.25) is 0 Å². The van der Waals surface area contributed by atoms with Gasteiger partial charge in [0, 0.05) is 7.11 Å². The second kappa shape index (κ2) is 9.02. The second-order valence-electron chi connectivity index (χ2n) is 5.10. The molecule has 0 radical (unpaired) electrons. The van der Waals surface area contributed by atoms with Crippen LogP contribution in [0.15, 0.2) is 18.2 Å². The molecule has 0 spiro atoms. The number of rotatable bonds is 7. The molecule has 0 saturated heterocycles. The molecule has 1 aromatic rings. The zero-order valence-corrected chi connectivity index (χ0v) is 13.7. The summed E-state index contributed by atoms with van der Waals surface area (Å²) in [5.41, 5.74) is 2.65. The van der Waals surface area contributed by atoms with E-state index in [1.165, 1.54) is 24.0 Å². The summed E-state index contributed by atoms with van der Waals surface area (Å²) < 4.78 is 11.4. The molecule has 1 aliphatic rings. The first-order chi connectivity index (χ1) is 9.78. The van der Waals surface area contributed by atoms with Crippen molar-refractivity contribution < 1.29 is 9.47 Å². The SMILES string of the molecule is CC.CCc1ccc(OCC2CC2)cc1C(CC)OC. The highest BCUT2D eigenvalue weighted by molar-refractivity contribution is 5.37. The van der Waals surface area contributed by atoms with Crippen molar-refractivity contribution in [3.63, 3.8) is 0 Å². The Morgan fingerprint density at radius 3 is 2.40 bits per heavy atom. The first kappa shape index (κ1) is 17.0. The zero-order chi connectivity index (χ0) is 15.0. The molecule has 1 aliphatic carbocycles. The van der Waals surface area contributed by atoms with Gasteiger partial charge in [-0.15, -0.1) is 0 Å². The predicted octanol–water partition coefficient (Wildman–Crippen LogP) is 5.16. The van der Waals surface area contributed by atoms with Gasteiger partial charge in [-0.3, -0.25) is 0 Å². The van der Waals surface area contributed by atoms with E-state index in [0.29, 0.717) is 0 Å². The van der Waals surface area contributed by atoms with Gasteiger partial charge in [0.2, 0.25) is 0 Å². The van der Waals surface area contributed by atoms with Crippen LogP contribution in [0, 0.1) is 5.92 Å². The molecule has 0 bridgehead atoms. The summed E-state index contributed by atoms with van der Waals surface area (Å²) in [6.45, 7) is 9.21. The Bertz CT molecular complexity index is 379. The first-order valence-electron chi connectivity index (χ1n) is 8.06. The summed E-state index contributed by atoms with van der Waals surface area (Å²) in [7, 11) is 1.78. The minimum absolute atomic E-state index is 0.185. The lowest BCUT2D eigenvalue weighted by molar-refractivity contribution is 0.0990. The minimum Gasteiger partial charge on any atom is -0.493 e. The van der Waals surface area contributed by atoms with Gasteiger partial charge in [0.1, 0.15) is 5.75 Å². The van der Waals surface area contributed by atoms with Gasteiger partial charge in [0.05, 0.1) is 12.7 Å². The van der Waals surface area contributed by atoms with Gasteiger partial charge < -0.3 is 9.47 Å². The number of hydrogen-bond acceptors (Lipinski definition) is 2. The maximum Gasteiger partial charge on any atom is 0.119 e. The van der Waals surface area contributed by atoms with Gasteiger partial charge in [-0.25, -0.2) is 0 Å². The van der Waals surface area contributed by atoms with E-state index in [9.17, 15) is 0 Å². The molecule has 0 aromatic heterocycles. The van der Waals surface area contributed by atoms with E-state index < -0.39 is 0 Å². The molecule has 0 heterocycles. The molecule has 0 amide bonds. The minimum atomic E-state index is 0.185. The fourth-order valence-corrected chi connectivity index (χ4v) is 2.30. The number of ether oxygens (including phenoxy) is 2. The molecule has 1 unspecified atom stereocenters. The van der Waals surface area contributed by atoms with Crippen molar-refractivity contribution in [2.45, 2.75) is 59.5 Å². The van der Waals surface area contributed by atoms with E-state index in [1.807, 2.05) is 13.8 Å². The molecule has 2 nitrogen and oxygen atoms in total. The summed E-state index contributed by atoms with van der Waals surface area (Å²) >= 11 is 0. The highest BCUT2D eigenvalue weighted by atomic mass is 16.5. The lowest BCUT2D eigenvalue weighted by Gasteiger charge is -2.18. The zero-order valence-electron chi connectivity index (χ0n) is 13.7. The van der Waals surface area contributed by atoms with Crippen molar-refractivity contribution in [3.05, 3.63) is 29.3 Å². The average molecular weight is 278 g/mol. The number of methoxy groups -OCH3 is 1. The van der Waals surface area contributed by atoms with Gasteiger partial charge in [0.25, 0.3) is 0 Å². The van der Waals surface area contributed by atoms with E-state index >= 15 is 0 Å². The highest BCUT2D eigenvalue weighted by Crippen LogP contribution is 2.32. The highest BCUT2D eigenvalue weighted by Gasteiger charge is 2.22. The van der Waals surface area contributed by atoms with Crippen LogP contribution in [0.4, 0.5) is 0 Å². The van der Waals surface area contributed by atoms with Gasteiger partial charge in [-0.1, -0.05) is 33.8 Å². The smallest absolute Gasteiger partial charge is 0.119 e. The molecule has 20 heavy (non-hydrogen) atoms. The van der Waals surface area contributed by atoms with Crippen molar-refractivity contribution >= 4 is 0 Å². The van der Waals surface area contributed by atoms with Crippen molar-refractivity contribution in [3.8, 4) is 5.75 Å². The normalized spacial score (nSPS) is 15.2. The molecule has 0 aliphatic heterocycles. The first-order valence-corrected chi connectivity index (χ1v) is 8.06. The quantitative estimate of drug-likeness (QED) is 0.685. The van der Waals surface area contributed by atoms with E-state index in [4.69, 9.17) is 9.47 Å². The molecule has 1 atom stereocenters. The lowest BCUT2D eigenvalue weighted by atomic mass is 9.98. The Balaban J connectivity index is 0.000000956. The average Bonchev–Trinajstić information content (AvgIpc) is 3.33. The van der Waals surface area contributed by atoms with Crippen LogP contribution >= 0.6 is 0 Å². The summed E-state index contributed by atoms with van der Waals surface area (Å²) in [6.07, 6.45) is 4.88. The Morgan fingerprint density at radius 2 is 1.90 bits per heavy atom. The maximum atomic E-state index is 5.85. The third-order valence-electron chi connectivity index (χ3n) is 3.68. The van der Waals surface area contributed by atoms with E-state index in [2.05, 4.69) is 32.0 Å². The number of hydrogen-bond donors (Lipinski definition) is 0. The second-order valence-corrected chi connectivity index (χ2v) is 5.10. The van der Waals surface area contributed by atoms with Gasteiger partial charge in [-0.05, 0) is 54.9 Å². The van der Waals surface area contributed by atoms with Crippen LogP contribution in [-0.4, -0.2) is 13.7 Å². The Labute approximate surface area is 124 Å². The van der Waals surface area contributed by atoms with Crippen molar-refractivity contribution in [1.82, 2.24) is 0 Å². The fourth-order valence-electron chi connectivity index (χ4n) is 2.30. The van der Waals surface area contributed by atoms with Gasteiger partial charge >= 0.3 is 0 Å². The molecular weight excluding hydrogens is 248 g/mol. The maximum absolute atomic E-state index is 5.85. The van der Waals surface area contributed by atoms with Gasteiger partial charge in [-0.2, -0.15) is 0 Å². The molecule has 1 saturated carbocycles. The Morgan fingerprint density at radius 1 is 1.20 bits per heavy atom. The third-order valence-corrected chi connectivity index (χ3v) is 3.68. The summed E-state index contributed by atoms with van der Waals surface area (Å²) in [6, 6.07) is 6.44. The van der Waals surface area contributed by atoms with Crippen molar-refractivity contribution in [1.29, 1.82) is 0 Å². The van der Waals surface area contributed by atoms with Crippen molar-refractivity contribution in [2.24, 2.45) is 5.92 Å². The largest absolute Gasteiger partial charge is 0.493 e. The van der Waals surface area contributed by atoms with Crippen LogP contribution in [0.25, 0.3) is 0 Å². The molecule has 114 valence electrons. The third kappa shape index (κ3) is 4.82. The fraction of sp³-hybridized carbons (Fsp3) is 0.667. The Kier molecular flexibility index (Phi) is 7.68. The lowest BCUT2D eigenvalue weighted by Crippen LogP contribution is -2.05. The van der Waals surface area contributed by atoms with Crippen LogP contribution in [0.3, 0.4) is 0 Å². The van der Waals surface area contributed by atoms with E-state index in [1.54, 1.807) is 7.11 Å². The summed E-state index contributed by atoms with van der Waals surface area (Å²) in [4.78, 5) is 0. The van der Waals surface area contributed by atoms with Crippen LogP contribution in [0.1, 0.15) is 64.2 Å². The number of aryl methyl sites for hydroxylation is 1. The molecule has 1 aromatic carbocycles. The van der Waals surface area contributed by atoms with E-state index in [0.717, 1.165) is 31.1 Å². The summed E-state index contributed by atoms with van der Waals surface area (Å²) in [5, 5.41) is 0. The monoisotopic (exact) mass is 278 g/mol. The molecule has 0 N–H and O–H groups in total. The number of benzene rings is 1. The molecule has 2 rings (SSSR count). The van der Waals surface area contributed by atoms with E-state index in [-0.39, 0.29) is 6.10 Å². The topological polar surface area (TPSA) is 18.5 Å².